The second kappa shape index (κ2) is 4.10. The van der Waals surface area contributed by atoms with Crippen molar-refractivity contribution in [3.8, 4) is 11.6 Å². The molecule has 0 unspecified atom stereocenters. The van der Waals surface area contributed by atoms with Crippen LogP contribution in [0.2, 0.25) is 0 Å². The Kier molecular flexibility index (Phi) is 2.71. The molecular weight excluding hydrogens is 352 g/mol. The highest BCUT2D eigenvalue weighted by atomic mass is 79.9. The van der Waals surface area contributed by atoms with Crippen LogP contribution in [0.5, 0.6) is 0 Å². The highest BCUT2D eigenvalue weighted by molar-refractivity contribution is 9.10. The monoisotopic (exact) mass is 358 g/mol. The molecule has 17 heavy (non-hydrogen) atoms. The van der Waals surface area contributed by atoms with Crippen LogP contribution in [0.25, 0.3) is 11.6 Å². The maximum absolute atomic E-state index is 11.8. The topological polar surface area (TPSA) is 58.9 Å². The standard InChI is InChI=1S/C11H8Br2N2O2/c12-7-4-3-6(17-7)10-14-9(5-1-2-5)8(13)11(16)15-10/h3-5H,1-2H2,(H,14,15,16). The molecule has 1 saturated carbocycles. The lowest BCUT2D eigenvalue weighted by molar-refractivity contribution is 0.550. The van der Waals surface area contributed by atoms with E-state index >= 15 is 0 Å². The average Bonchev–Trinajstić information content (AvgIpc) is 3.05. The predicted molar refractivity (Wildman–Crippen MR) is 69.9 cm³/mol. The SMILES string of the molecule is O=c1[nH]c(-c2ccc(Br)o2)nc(C2CC2)c1Br. The third-order valence-electron chi connectivity index (χ3n) is 2.66. The van der Waals surface area contributed by atoms with Crippen molar-refractivity contribution in [3.63, 3.8) is 0 Å². The van der Waals surface area contributed by atoms with E-state index in [4.69, 9.17) is 4.42 Å². The molecule has 0 atom stereocenters. The molecule has 0 radical (unpaired) electrons. The number of hydrogen-bond acceptors (Lipinski definition) is 3. The summed E-state index contributed by atoms with van der Waals surface area (Å²) in [4.78, 5) is 18.9. The van der Waals surface area contributed by atoms with Crippen LogP contribution in [-0.4, -0.2) is 9.97 Å². The van der Waals surface area contributed by atoms with Crippen molar-refractivity contribution >= 4 is 31.9 Å². The number of furan rings is 1. The Morgan fingerprint density at radius 1 is 1.35 bits per heavy atom. The van der Waals surface area contributed by atoms with E-state index in [2.05, 4.69) is 41.8 Å². The van der Waals surface area contributed by atoms with Gasteiger partial charge in [0.15, 0.2) is 16.3 Å². The third-order valence-corrected chi connectivity index (χ3v) is 3.85. The van der Waals surface area contributed by atoms with Crippen LogP contribution in [0.1, 0.15) is 24.5 Å². The summed E-state index contributed by atoms with van der Waals surface area (Å²) >= 11 is 6.51. The molecule has 0 saturated heterocycles. The summed E-state index contributed by atoms with van der Waals surface area (Å²) in [6, 6.07) is 3.54. The Morgan fingerprint density at radius 2 is 2.12 bits per heavy atom. The quantitative estimate of drug-likeness (QED) is 0.893. The molecule has 2 aromatic heterocycles. The first-order valence-corrected chi connectivity index (χ1v) is 6.79. The van der Waals surface area contributed by atoms with Crippen LogP contribution in [0.4, 0.5) is 0 Å². The third kappa shape index (κ3) is 2.11. The molecule has 0 amide bonds. The zero-order valence-electron chi connectivity index (χ0n) is 8.67. The minimum Gasteiger partial charge on any atom is -0.446 e. The summed E-state index contributed by atoms with van der Waals surface area (Å²) in [6.45, 7) is 0. The van der Waals surface area contributed by atoms with E-state index in [1.807, 2.05) is 0 Å². The van der Waals surface area contributed by atoms with Crippen molar-refractivity contribution in [2.45, 2.75) is 18.8 Å². The average molecular weight is 360 g/mol. The van der Waals surface area contributed by atoms with E-state index < -0.39 is 0 Å². The number of nitrogens with one attached hydrogen (secondary N) is 1. The van der Waals surface area contributed by atoms with Gasteiger partial charge in [0.2, 0.25) is 0 Å². The van der Waals surface area contributed by atoms with Gasteiger partial charge in [-0.3, -0.25) is 4.79 Å². The molecule has 88 valence electrons. The lowest BCUT2D eigenvalue weighted by atomic mass is 10.2. The van der Waals surface area contributed by atoms with Crippen molar-refractivity contribution in [1.82, 2.24) is 9.97 Å². The van der Waals surface area contributed by atoms with Gasteiger partial charge in [-0.2, -0.15) is 0 Å². The van der Waals surface area contributed by atoms with Crippen molar-refractivity contribution in [3.05, 3.63) is 37.3 Å². The smallest absolute Gasteiger partial charge is 0.265 e. The van der Waals surface area contributed by atoms with Gasteiger partial charge in [-0.1, -0.05) is 0 Å². The van der Waals surface area contributed by atoms with Crippen LogP contribution in [-0.2, 0) is 0 Å². The Hall–Kier alpha value is -0.880. The predicted octanol–water partition coefficient (Wildman–Crippen LogP) is 3.43. The molecule has 3 rings (SSSR count). The lowest BCUT2D eigenvalue weighted by Gasteiger charge is -2.03. The summed E-state index contributed by atoms with van der Waals surface area (Å²) < 4.78 is 6.54. The van der Waals surface area contributed by atoms with Crippen molar-refractivity contribution in [1.29, 1.82) is 0 Å². The minimum absolute atomic E-state index is 0.163. The molecule has 2 heterocycles. The van der Waals surface area contributed by atoms with Crippen LogP contribution >= 0.6 is 31.9 Å². The zero-order chi connectivity index (χ0) is 12.0. The molecule has 1 fully saturated rings. The van der Waals surface area contributed by atoms with E-state index in [-0.39, 0.29) is 5.56 Å². The number of hydrogen-bond donors (Lipinski definition) is 1. The van der Waals surface area contributed by atoms with Crippen molar-refractivity contribution < 1.29 is 4.42 Å². The fraction of sp³-hybridized carbons (Fsp3) is 0.273. The largest absolute Gasteiger partial charge is 0.446 e. The summed E-state index contributed by atoms with van der Waals surface area (Å²) in [5.41, 5.74) is 0.667. The molecule has 0 aromatic carbocycles. The Balaban J connectivity index is 2.14. The van der Waals surface area contributed by atoms with E-state index in [0.29, 0.717) is 26.6 Å². The first kappa shape index (κ1) is 11.2. The van der Waals surface area contributed by atoms with Gasteiger partial charge in [0.05, 0.1) is 5.69 Å². The van der Waals surface area contributed by atoms with Gasteiger partial charge in [0.1, 0.15) is 4.47 Å². The lowest BCUT2D eigenvalue weighted by Crippen LogP contribution is -2.13. The van der Waals surface area contributed by atoms with Crippen LogP contribution in [0.3, 0.4) is 0 Å². The van der Waals surface area contributed by atoms with Crippen LogP contribution in [0, 0.1) is 0 Å². The van der Waals surface area contributed by atoms with E-state index in [0.717, 1.165) is 18.5 Å². The summed E-state index contributed by atoms with van der Waals surface area (Å²) in [6.07, 6.45) is 2.19. The van der Waals surface area contributed by atoms with Gasteiger partial charge in [-0.25, -0.2) is 4.98 Å². The molecule has 0 spiro atoms. The van der Waals surface area contributed by atoms with E-state index in [1.54, 1.807) is 12.1 Å². The number of rotatable bonds is 2. The highest BCUT2D eigenvalue weighted by Gasteiger charge is 2.29. The maximum atomic E-state index is 11.8. The Bertz CT molecular complexity index is 629. The molecule has 0 aliphatic heterocycles. The van der Waals surface area contributed by atoms with Crippen molar-refractivity contribution in [2.75, 3.05) is 0 Å². The van der Waals surface area contributed by atoms with Crippen molar-refractivity contribution in [2.24, 2.45) is 0 Å². The summed E-state index contributed by atoms with van der Waals surface area (Å²) in [5, 5.41) is 0. The van der Waals surface area contributed by atoms with Gasteiger partial charge in [0, 0.05) is 5.92 Å². The zero-order valence-corrected chi connectivity index (χ0v) is 11.8. The number of H-pyrrole nitrogens is 1. The normalized spacial score (nSPS) is 15.2. The number of nitrogens with zero attached hydrogens (tertiary/aromatic N) is 1. The minimum atomic E-state index is -0.163. The molecular formula is C11H8Br2N2O2. The fourth-order valence-electron chi connectivity index (χ4n) is 1.66. The molecule has 0 bridgehead atoms. The fourth-order valence-corrected chi connectivity index (χ4v) is 2.48. The van der Waals surface area contributed by atoms with Gasteiger partial charge in [-0.05, 0) is 56.8 Å². The Morgan fingerprint density at radius 3 is 2.71 bits per heavy atom. The molecule has 4 nitrogen and oxygen atoms in total. The molecule has 1 N–H and O–H groups in total. The summed E-state index contributed by atoms with van der Waals surface area (Å²) in [5.74, 6) is 1.44. The van der Waals surface area contributed by atoms with Crippen LogP contribution in [0.15, 0.2) is 30.5 Å². The molecule has 1 aliphatic rings. The molecule has 2 aromatic rings. The number of halogens is 2. The maximum Gasteiger partial charge on any atom is 0.265 e. The van der Waals surface area contributed by atoms with Gasteiger partial charge < -0.3 is 9.40 Å². The number of aromatic nitrogens is 2. The summed E-state index contributed by atoms with van der Waals surface area (Å²) in [7, 11) is 0. The number of aromatic amines is 1. The van der Waals surface area contributed by atoms with E-state index in [1.165, 1.54) is 0 Å². The molecule has 6 heteroatoms. The van der Waals surface area contributed by atoms with Gasteiger partial charge in [0.25, 0.3) is 5.56 Å². The van der Waals surface area contributed by atoms with Crippen LogP contribution < -0.4 is 5.56 Å². The second-order valence-corrected chi connectivity index (χ2v) is 5.57. The Labute approximate surface area is 114 Å². The van der Waals surface area contributed by atoms with Gasteiger partial charge >= 0.3 is 0 Å². The first-order chi connectivity index (χ1) is 8.15. The first-order valence-electron chi connectivity index (χ1n) is 5.20. The highest BCUT2D eigenvalue weighted by Crippen LogP contribution is 2.41. The van der Waals surface area contributed by atoms with Gasteiger partial charge in [-0.15, -0.1) is 0 Å². The second-order valence-electron chi connectivity index (χ2n) is 3.99. The van der Waals surface area contributed by atoms with E-state index in [9.17, 15) is 4.79 Å². The molecule has 1 aliphatic carbocycles.